The lowest BCUT2D eigenvalue weighted by molar-refractivity contribution is -0.129. The Balaban J connectivity index is 1.46. The van der Waals surface area contributed by atoms with Crippen LogP contribution in [0.3, 0.4) is 0 Å². The molecular formula is C23H25N3O3. The van der Waals surface area contributed by atoms with Crippen LogP contribution >= 0.6 is 0 Å². The SMILES string of the molecule is C[C@@H](c1ccccc1)N1C[C@@H](C(=O)Nc2ccccc2N2CCCC2=O)CC1=O. The molecule has 2 saturated heterocycles. The molecule has 1 N–H and O–H groups in total. The summed E-state index contributed by atoms with van der Waals surface area (Å²) in [5.74, 6) is -0.522. The highest BCUT2D eigenvalue weighted by Crippen LogP contribution is 2.32. The van der Waals surface area contributed by atoms with E-state index in [0.29, 0.717) is 25.2 Å². The van der Waals surface area contributed by atoms with Crippen LogP contribution < -0.4 is 10.2 Å². The van der Waals surface area contributed by atoms with E-state index in [4.69, 9.17) is 0 Å². The molecule has 2 aromatic rings. The molecule has 2 aromatic carbocycles. The Hall–Kier alpha value is -3.15. The van der Waals surface area contributed by atoms with Crippen LogP contribution in [0.15, 0.2) is 54.6 Å². The van der Waals surface area contributed by atoms with Crippen LogP contribution in [0.5, 0.6) is 0 Å². The zero-order chi connectivity index (χ0) is 20.4. The molecule has 29 heavy (non-hydrogen) atoms. The first kappa shape index (κ1) is 19.2. The minimum Gasteiger partial charge on any atom is -0.335 e. The monoisotopic (exact) mass is 391 g/mol. The minimum atomic E-state index is -0.406. The second-order valence-electron chi connectivity index (χ2n) is 7.69. The van der Waals surface area contributed by atoms with Crippen LogP contribution in [0.4, 0.5) is 11.4 Å². The highest BCUT2D eigenvalue weighted by molar-refractivity contribution is 6.03. The van der Waals surface area contributed by atoms with Gasteiger partial charge in [0.05, 0.1) is 23.3 Å². The quantitative estimate of drug-likeness (QED) is 0.850. The topological polar surface area (TPSA) is 69.7 Å². The number of benzene rings is 2. The molecule has 4 rings (SSSR count). The zero-order valence-corrected chi connectivity index (χ0v) is 16.5. The molecule has 6 nitrogen and oxygen atoms in total. The summed E-state index contributed by atoms with van der Waals surface area (Å²) in [6, 6.07) is 17.1. The van der Waals surface area contributed by atoms with Crippen molar-refractivity contribution in [1.29, 1.82) is 0 Å². The van der Waals surface area contributed by atoms with Gasteiger partial charge < -0.3 is 15.1 Å². The summed E-state index contributed by atoms with van der Waals surface area (Å²) >= 11 is 0. The molecule has 150 valence electrons. The van der Waals surface area contributed by atoms with Gasteiger partial charge in [0.15, 0.2) is 0 Å². The van der Waals surface area contributed by atoms with Crippen molar-refractivity contribution < 1.29 is 14.4 Å². The third-order valence-corrected chi connectivity index (χ3v) is 5.80. The van der Waals surface area contributed by atoms with Crippen molar-refractivity contribution >= 4 is 29.1 Å². The summed E-state index contributed by atoms with van der Waals surface area (Å²) < 4.78 is 0. The predicted molar refractivity (Wildman–Crippen MR) is 111 cm³/mol. The van der Waals surface area contributed by atoms with Crippen molar-refractivity contribution in [3.8, 4) is 0 Å². The van der Waals surface area contributed by atoms with Gasteiger partial charge in [-0.1, -0.05) is 42.5 Å². The average molecular weight is 391 g/mol. The molecule has 6 heteroatoms. The van der Waals surface area contributed by atoms with Gasteiger partial charge in [-0.3, -0.25) is 14.4 Å². The Morgan fingerprint density at radius 1 is 1.03 bits per heavy atom. The maximum absolute atomic E-state index is 12.9. The highest BCUT2D eigenvalue weighted by atomic mass is 16.2. The average Bonchev–Trinajstić information content (AvgIpc) is 3.34. The molecule has 2 heterocycles. The molecule has 0 bridgehead atoms. The molecule has 2 aliphatic rings. The van der Waals surface area contributed by atoms with Gasteiger partial charge in [0, 0.05) is 25.9 Å². The van der Waals surface area contributed by atoms with Gasteiger partial charge in [0.25, 0.3) is 0 Å². The number of carbonyl (C=O) groups excluding carboxylic acids is 3. The molecule has 2 atom stereocenters. The lowest BCUT2D eigenvalue weighted by atomic mass is 10.1. The lowest BCUT2D eigenvalue weighted by Gasteiger charge is -2.25. The Kier molecular flexibility index (Phi) is 5.34. The smallest absolute Gasteiger partial charge is 0.229 e. The van der Waals surface area contributed by atoms with E-state index in [-0.39, 0.29) is 30.2 Å². The van der Waals surface area contributed by atoms with Crippen LogP contribution in [0.25, 0.3) is 0 Å². The van der Waals surface area contributed by atoms with Gasteiger partial charge >= 0.3 is 0 Å². The number of nitrogens with zero attached hydrogens (tertiary/aromatic N) is 2. The van der Waals surface area contributed by atoms with E-state index in [2.05, 4.69) is 5.32 Å². The third kappa shape index (κ3) is 3.88. The molecule has 0 aliphatic carbocycles. The number of anilines is 2. The molecule has 2 aliphatic heterocycles. The molecule has 0 spiro atoms. The van der Waals surface area contributed by atoms with Crippen molar-refractivity contribution in [3.63, 3.8) is 0 Å². The normalized spacial score (nSPS) is 20.2. The molecule has 0 aromatic heterocycles. The van der Waals surface area contributed by atoms with E-state index in [0.717, 1.165) is 17.7 Å². The molecular weight excluding hydrogens is 366 g/mol. The van der Waals surface area contributed by atoms with Gasteiger partial charge in [-0.2, -0.15) is 0 Å². The maximum atomic E-state index is 12.9. The van der Waals surface area contributed by atoms with E-state index in [9.17, 15) is 14.4 Å². The van der Waals surface area contributed by atoms with Gasteiger partial charge in [0.2, 0.25) is 17.7 Å². The second kappa shape index (κ2) is 8.07. The van der Waals surface area contributed by atoms with Crippen LogP contribution in [-0.2, 0) is 14.4 Å². The number of hydrogen-bond donors (Lipinski definition) is 1. The Bertz CT molecular complexity index is 928. The second-order valence-corrected chi connectivity index (χ2v) is 7.69. The number of likely N-dealkylation sites (tertiary alicyclic amines) is 1. The largest absolute Gasteiger partial charge is 0.335 e. The summed E-state index contributed by atoms with van der Waals surface area (Å²) in [6.07, 6.45) is 1.56. The number of rotatable bonds is 5. The molecule has 0 saturated carbocycles. The van der Waals surface area contributed by atoms with Crippen molar-refractivity contribution in [2.45, 2.75) is 32.2 Å². The fraction of sp³-hybridized carbons (Fsp3) is 0.348. The minimum absolute atomic E-state index is 0.00971. The van der Waals surface area contributed by atoms with E-state index in [1.54, 1.807) is 15.9 Å². The van der Waals surface area contributed by atoms with Crippen LogP contribution in [0.1, 0.15) is 37.8 Å². The van der Waals surface area contributed by atoms with E-state index in [1.165, 1.54) is 0 Å². The van der Waals surface area contributed by atoms with E-state index in [1.807, 2.05) is 55.5 Å². The Morgan fingerprint density at radius 2 is 1.76 bits per heavy atom. The summed E-state index contributed by atoms with van der Waals surface area (Å²) in [5.41, 5.74) is 2.40. The van der Waals surface area contributed by atoms with Crippen LogP contribution in [0, 0.1) is 5.92 Å². The number of hydrogen-bond acceptors (Lipinski definition) is 3. The molecule has 3 amide bonds. The van der Waals surface area contributed by atoms with Gasteiger partial charge in [-0.15, -0.1) is 0 Å². The fourth-order valence-corrected chi connectivity index (χ4v) is 4.15. The molecule has 2 fully saturated rings. The standard InChI is InChI=1S/C23H25N3O3/c1-16(17-8-3-2-4-9-17)26-15-18(14-22(26)28)23(29)24-19-10-5-6-11-20(19)25-13-7-12-21(25)27/h2-6,8-11,16,18H,7,12-15H2,1H3,(H,24,29)/t16-,18-/m0/s1. The Morgan fingerprint density at radius 3 is 2.48 bits per heavy atom. The summed E-state index contributed by atoms with van der Waals surface area (Å²) in [6.45, 7) is 3.04. The third-order valence-electron chi connectivity index (χ3n) is 5.80. The first-order valence-electron chi connectivity index (χ1n) is 10.1. The number of para-hydroxylation sites is 2. The first-order valence-corrected chi connectivity index (χ1v) is 10.1. The first-order chi connectivity index (χ1) is 14.0. The van der Waals surface area contributed by atoms with Crippen molar-refractivity contribution in [2.24, 2.45) is 5.92 Å². The zero-order valence-electron chi connectivity index (χ0n) is 16.5. The summed E-state index contributed by atoms with van der Waals surface area (Å²) in [4.78, 5) is 41.1. The molecule has 0 unspecified atom stereocenters. The highest BCUT2D eigenvalue weighted by Gasteiger charge is 2.37. The van der Waals surface area contributed by atoms with E-state index >= 15 is 0 Å². The van der Waals surface area contributed by atoms with Crippen molar-refractivity contribution in [2.75, 3.05) is 23.3 Å². The molecule has 0 radical (unpaired) electrons. The van der Waals surface area contributed by atoms with Crippen LogP contribution in [0.2, 0.25) is 0 Å². The number of amides is 3. The van der Waals surface area contributed by atoms with Gasteiger partial charge in [0.1, 0.15) is 0 Å². The Labute approximate surface area is 170 Å². The lowest BCUT2D eigenvalue weighted by Crippen LogP contribution is -2.31. The summed E-state index contributed by atoms with van der Waals surface area (Å²) in [7, 11) is 0. The number of carbonyl (C=O) groups is 3. The van der Waals surface area contributed by atoms with Gasteiger partial charge in [-0.05, 0) is 31.0 Å². The van der Waals surface area contributed by atoms with E-state index < -0.39 is 5.92 Å². The van der Waals surface area contributed by atoms with Crippen LogP contribution in [-0.4, -0.2) is 35.7 Å². The van der Waals surface area contributed by atoms with Gasteiger partial charge in [-0.25, -0.2) is 0 Å². The predicted octanol–water partition coefficient (Wildman–Crippen LogP) is 3.36. The summed E-state index contributed by atoms with van der Waals surface area (Å²) in [5, 5.41) is 2.96. The van der Waals surface area contributed by atoms with Crippen molar-refractivity contribution in [1.82, 2.24) is 4.90 Å². The maximum Gasteiger partial charge on any atom is 0.229 e. The number of nitrogens with one attached hydrogen (secondary N) is 1. The van der Waals surface area contributed by atoms with Crippen molar-refractivity contribution in [3.05, 3.63) is 60.2 Å². The fourth-order valence-electron chi connectivity index (χ4n) is 4.15.